The molecule has 0 bridgehead atoms. The van der Waals surface area contributed by atoms with Gasteiger partial charge in [0.1, 0.15) is 5.75 Å². The molecule has 1 heterocycles. The van der Waals surface area contributed by atoms with Gasteiger partial charge in [-0.3, -0.25) is 4.99 Å². The third-order valence-corrected chi connectivity index (χ3v) is 5.30. The average molecular weight is 343 g/mol. The van der Waals surface area contributed by atoms with Gasteiger partial charge in [0, 0.05) is 32.6 Å². The minimum absolute atomic E-state index is 0.161. The van der Waals surface area contributed by atoms with Crippen molar-refractivity contribution in [3.8, 4) is 5.75 Å². The topological polar surface area (TPSA) is 57.1 Å². The molecular formula is C20H29N3O2. The van der Waals surface area contributed by atoms with Gasteiger partial charge in [-0.15, -0.1) is 0 Å². The fourth-order valence-electron chi connectivity index (χ4n) is 3.76. The lowest BCUT2D eigenvalue weighted by Crippen LogP contribution is -2.45. The second kappa shape index (κ2) is 8.39. The Hall–Kier alpha value is -2.01. The highest BCUT2D eigenvalue weighted by molar-refractivity contribution is 5.81. The predicted octanol–water partition coefficient (Wildman–Crippen LogP) is 2.52. The molecule has 1 aliphatic carbocycles. The van der Waals surface area contributed by atoms with Crippen LogP contribution in [-0.2, 0) is 0 Å². The Morgan fingerprint density at radius 2 is 2.28 bits per heavy atom. The van der Waals surface area contributed by atoms with Crippen LogP contribution in [0.2, 0.25) is 0 Å². The number of aliphatic imine (C=N–C) groups is 1. The van der Waals surface area contributed by atoms with Gasteiger partial charge in [-0.2, -0.15) is 0 Å². The number of nitrogens with zero attached hydrogens (tertiary/aromatic N) is 2. The van der Waals surface area contributed by atoms with E-state index < -0.39 is 0 Å². The molecule has 5 heteroatoms. The Balaban J connectivity index is 1.58. The molecule has 3 rings (SSSR count). The number of rotatable bonds is 4. The lowest BCUT2D eigenvalue weighted by Gasteiger charge is -2.30. The smallest absolute Gasteiger partial charge is 0.193 e. The van der Waals surface area contributed by atoms with Crippen LogP contribution in [0.4, 0.5) is 0 Å². The number of aliphatic hydroxyl groups is 1. The molecule has 1 aromatic carbocycles. The number of ether oxygens (including phenoxy) is 1. The zero-order valence-corrected chi connectivity index (χ0v) is 15.2. The molecule has 1 saturated carbocycles. The second-order valence-electron chi connectivity index (χ2n) is 6.84. The van der Waals surface area contributed by atoms with Crippen LogP contribution in [0.3, 0.4) is 0 Å². The van der Waals surface area contributed by atoms with E-state index in [4.69, 9.17) is 4.74 Å². The SMILES string of the molecule is CN=C(NCC1CCCC1O)N1CC=C(c2cccc(OC)c2)CC1. The van der Waals surface area contributed by atoms with E-state index in [1.165, 1.54) is 11.1 Å². The first-order valence-electron chi connectivity index (χ1n) is 9.18. The third-order valence-electron chi connectivity index (χ3n) is 5.30. The highest BCUT2D eigenvalue weighted by Gasteiger charge is 2.26. The molecule has 0 spiro atoms. The van der Waals surface area contributed by atoms with Crippen LogP contribution in [0.5, 0.6) is 5.75 Å². The van der Waals surface area contributed by atoms with Crippen molar-refractivity contribution >= 4 is 11.5 Å². The molecule has 136 valence electrons. The summed E-state index contributed by atoms with van der Waals surface area (Å²) in [5.41, 5.74) is 2.59. The van der Waals surface area contributed by atoms with Crippen LogP contribution >= 0.6 is 0 Å². The predicted molar refractivity (Wildman–Crippen MR) is 102 cm³/mol. The minimum Gasteiger partial charge on any atom is -0.497 e. The number of hydrogen-bond acceptors (Lipinski definition) is 3. The van der Waals surface area contributed by atoms with Crippen molar-refractivity contribution in [2.24, 2.45) is 10.9 Å². The van der Waals surface area contributed by atoms with Crippen LogP contribution < -0.4 is 10.1 Å². The van der Waals surface area contributed by atoms with Gasteiger partial charge in [-0.25, -0.2) is 0 Å². The van der Waals surface area contributed by atoms with E-state index in [2.05, 4.69) is 33.4 Å². The summed E-state index contributed by atoms with van der Waals surface area (Å²) in [4.78, 5) is 6.69. The molecule has 0 radical (unpaired) electrons. The maximum absolute atomic E-state index is 9.98. The number of methoxy groups -OCH3 is 1. The van der Waals surface area contributed by atoms with E-state index in [0.29, 0.717) is 5.92 Å². The first-order chi connectivity index (χ1) is 12.2. The average Bonchev–Trinajstić information content (AvgIpc) is 3.08. The largest absolute Gasteiger partial charge is 0.497 e. The number of guanidine groups is 1. The summed E-state index contributed by atoms with van der Waals surface area (Å²) in [6, 6.07) is 8.24. The van der Waals surface area contributed by atoms with E-state index in [1.54, 1.807) is 7.11 Å². The molecule has 2 N–H and O–H groups in total. The molecule has 0 saturated heterocycles. The van der Waals surface area contributed by atoms with Gasteiger partial charge in [0.25, 0.3) is 0 Å². The standard InChI is InChI=1S/C20H29N3O2/c1-21-20(22-14-17-6-4-8-19(17)24)23-11-9-15(10-12-23)16-5-3-7-18(13-16)25-2/h3,5,7,9,13,17,19,24H,4,6,8,10-12,14H2,1-2H3,(H,21,22). The number of nitrogens with one attached hydrogen (secondary N) is 1. The molecule has 0 amide bonds. The van der Waals surface area contributed by atoms with Crippen molar-refractivity contribution in [1.29, 1.82) is 0 Å². The summed E-state index contributed by atoms with van der Waals surface area (Å²) in [5.74, 6) is 2.18. The quantitative estimate of drug-likeness (QED) is 0.651. The highest BCUT2D eigenvalue weighted by atomic mass is 16.5. The molecule has 0 aromatic heterocycles. The summed E-state index contributed by atoms with van der Waals surface area (Å²) < 4.78 is 5.32. The van der Waals surface area contributed by atoms with Crippen LogP contribution in [-0.4, -0.2) is 55.9 Å². The first-order valence-corrected chi connectivity index (χ1v) is 9.18. The van der Waals surface area contributed by atoms with Gasteiger partial charge < -0.3 is 20.1 Å². The zero-order valence-electron chi connectivity index (χ0n) is 15.2. The Morgan fingerprint density at radius 3 is 2.92 bits per heavy atom. The number of benzene rings is 1. The summed E-state index contributed by atoms with van der Waals surface area (Å²) in [5, 5.41) is 13.4. The van der Waals surface area contributed by atoms with Crippen molar-refractivity contribution in [2.45, 2.75) is 31.8 Å². The summed E-state index contributed by atoms with van der Waals surface area (Å²) in [6.45, 7) is 2.59. The van der Waals surface area contributed by atoms with Crippen molar-refractivity contribution in [3.05, 3.63) is 35.9 Å². The van der Waals surface area contributed by atoms with Crippen LogP contribution in [0.15, 0.2) is 35.3 Å². The Kier molecular flexibility index (Phi) is 5.97. The Bertz CT molecular complexity index is 642. The van der Waals surface area contributed by atoms with Crippen molar-refractivity contribution in [1.82, 2.24) is 10.2 Å². The van der Waals surface area contributed by atoms with Gasteiger partial charge in [0.2, 0.25) is 0 Å². The van der Waals surface area contributed by atoms with Gasteiger partial charge in [-0.1, -0.05) is 24.6 Å². The summed E-state index contributed by atoms with van der Waals surface area (Å²) >= 11 is 0. The molecule has 2 aliphatic rings. The summed E-state index contributed by atoms with van der Waals surface area (Å²) in [7, 11) is 3.53. The fourth-order valence-corrected chi connectivity index (χ4v) is 3.76. The molecule has 5 nitrogen and oxygen atoms in total. The van der Waals surface area contributed by atoms with E-state index in [1.807, 2.05) is 19.2 Å². The van der Waals surface area contributed by atoms with Crippen molar-refractivity contribution < 1.29 is 9.84 Å². The lowest BCUT2D eigenvalue weighted by atomic mass is 9.99. The molecule has 25 heavy (non-hydrogen) atoms. The maximum atomic E-state index is 9.98. The van der Waals surface area contributed by atoms with E-state index >= 15 is 0 Å². The number of aliphatic hydroxyl groups excluding tert-OH is 1. The highest BCUT2D eigenvalue weighted by Crippen LogP contribution is 2.26. The molecule has 1 aliphatic heterocycles. The van der Waals surface area contributed by atoms with Crippen LogP contribution in [0, 0.1) is 5.92 Å². The molecule has 1 fully saturated rings. The lowest BCUT2D eigenvalue weighted by molar-refractivity contribution is 0.134. The van der Waals surface area contributed by atoms with Crippen molar-refractivity contribution in [3.63, 3.8) is 0 Å². The Labute approximate surface area is 150 Å². The van der Waals surface area contributed by atoms with Gasteiger partial charge in [0.05, 0.1) is 13.2 Å². The van der Waals surface area contributed by atoms with Gasteiger partial charge in [0.15, 0.2) is 5.96 Å². The molecular weight excluding hydrogens is 314 g/mol. The second-order valence-corrected chi connectivity index (χ2v) is 6.84. The zero-order chi connectivity index (χ0) is 17.6. The van der Waals surface area contributed by atoms with E-state index in [0.717, 1.165) is 57.0 Å². The van der Waals surface area contributed by atoms with E-state index in [-0.39, 0.29) is 6.10 Å². The third kappa shape index (κ3) is 4.34. The minimum atomic E-state index is -0.161. The Morgan fingerprint density at radius 1 is 1.40 bits per heavy atom. The van der Waals surface area contributed by atoms with Crippen LogP contribution in [0.1, 0.15) is 31.2 Å². The maximum Gasteiger partial charge on any atom is 0.193 e. The van der Waals surface area contributed by atoms with Gasteiger partial charge >= 0.3 is 0 Å². The normalized spacial score (nSPS) is 24.2. The summed E-state index contributed by atoms with van der Waals surface area (Å²) in [6.07, 6.45) is 6.26. The molecule has 2 atom stereocenters. The monoisotopic (exact) mass is 343 g/mol. The van der Waals surface area contributed by atoms with Crippen molar-refractivity contribution in [2.75, 3.05) is 33.8 Å². The van der Waals surface area contributed by atoms with Gasteiger partial charge in [-0.05, 0) is 42.5 Å². The van der Waals surface area contributed by atoms with E-state index in [9.17, 15) is 5.11 Å². The molecule has 1 aromatic rings. The van der Waals surface area contributed by atoms with Crippen LogP contribution in [0.25, 0.3) is 5.57 Å². The fraction of sp³-hybridized carbons (Fsp3) is 0.550. The first kappa shape index (κ1) is 17.8. The molecule has 2 unspecified atom stereocenters. The number of hydrogen-bond donors (Lipinski definition) is 2.